The maximum atomic E-state index is 12.7. The summed E-state index contributed by atoms with van der Waals surface area (Å²) in [7, 11) is 0. The van der Waals surface area contributed by atoms with Crippen LogP contribution in [0, 0.1) is 5.92 Å². The normalized spacial score (nSPS) is 19.4. The second kappa shape index (κ2) is 7.61. The summed E-state index contributed by atoms with van der Waals surface area (Å²) in [6, 6.07) is 0. The van der Waals surface area contributed by atoms with Crippen LogP contribution in [0.1, 0.15) is 39.5 Å². The van der Waals surface area contributed by atoms with E-state index in [-0.39, 0.29) is 13.2 Å². The fourth-order valence-corrected chi connectivity index (χ4v) is 2.76. The van der Waals surface area contributed by atoms with Gasteiger partial charge in [-0.3, -0.25) is 4.90 Å². The molecule has 20 heavy (non-hydrogen) atoms. The van der Waals surface area contributed by atoms with Crippen molar-refractivity contribution in [2.24, 2.45) is 5.92 Å². The lowest BCUT2D eigenvalue weighted by Crippen LogP contribution is -2.59. The SMILES string of the molecule is CCCNC(CO)(CN(CCC)CC(F)(F)F)C1CC1. The largest absolute Gasteiger partial charge is 0.401 e. The minimum atomic E-state index is -4.19. The van der Waals surface area contributed by atoms with E-state index in [1.807, 2.05) is 13.8 Å². The molecule has 0 aromatic heterocycles. The van der Waals surface area contributed by atoms with E-state index in [9.17, 15) is 18.3 Å². The van der Waals surface area contributed by atoms with Crippen LogP contribution in [0.3, 0.4) is 0 Å². The fourth-order valence-electron chi connectivity index (χ4n) is 2.76. The Balaban J connectivity index is 2.72. The van der Waals surface area contributed by atoms with Gasteiger partial charge in [-0.05, 0) is 44.7 Å². The molecule has 2 N–H and O–H groups in total. The van der Waals surface area contributed by atoms with Crippen LogP contribution >= 0.6 is 0 Å². The van der Waals surface area contributed by atoms with E-state index in [4.69, 9.17) is 0 Å². The molecule has 0 aliphatic heterocycles. The van der Waals surface area contributed by atoms with Crippen LogP contribution in [0.4, 0.5) is 13.2 Å². The molecular formula is C14H27F3N2O. The summed E-state index contributed by atoms with van der Waals surface area (Å²) in [5.74, 6) is 0.298. The average Bonchev–Trinajstić information content (AvgIpc) is 3.17. The lowest BCUT2D eigenvalue weighted by molar-refractivity contribution is -0.149. The maximum absolute atomic E-state index is 12.7. The zero-order valence-electron chi connectivity index (χ0n) is 12.5. The highest BCUT2D eigenvalue weighted by Crippen LogP contribution is 2.40. The summed E-state index contributed by atoms with van der Waals surface area (Å²) >= 11 is 0. The molecule has 1 atom stereocenters. The summed E-state index contributed by atoms with van der Waals surface area (Å²) in [5, 5.41) is 13.1. The summed E-state index contributed by atoms with van der Waals surface area (Å²) < 4.78 is 38.0. The Hall–Kier alpha value is -0.330. The number of nitrogens with one attached hydrogen (secondary N) is 1. The van der Waals surface area contributed by atoms with E-state index >= 15 is 0 Å². The Morgan fingerprint density at radius 1 is 1.15 bits per heavy atom. The summed E-state index contributed by atoms with van der Waals surface area (Å²) in [5.41, 5.74) is -0.573. The molecule has 0 aromatic carbocycles. The maximum Gasteiger partial charge on any atom is 0.401 e. The molecule has 1 unspecified atom stereocenters. The van der Waals surface area contributed by atoms with Gasteiger partial charge in [0, 0.05) is 6.54 Å². The first-order valence-electron chi connectivity index (χ1n) is 7.52. The molecule has 0 heterocycles. The van der Waals surface area contributed by atoms with Crippen molar-refractivity contribution in [1.82, 2.24) is 10.2 Å². The first-order valence-corrected chi connectivity index (χ1v) is 7.52. The van der Waals surface area contributed by atoms with Crippen molar-refractivity contribution in [3.63, 3.8) is 0 Å². The molecule has 0 amide bonds. The molecule has 3 nitrogen and oxygen atoms in total. The Bertz CT molecular complexity index is 282. The third kappa shape index (κ3) is 5.58. The highest BCUT2D eigenvalue weighted by Gasteiger charge is 2.46. The third-order valence-corrected chi connectivity index (χ3v) is 3.82. The Kier molecular flexibility index (Phi) is 6.75. The smallest absolute Gasteiger partial charge is 0.394 e. The molecule has 0 aromatic rings. The van der Waals surface area contributed by atoms with E-state index < -0.39 is 18.3 Å². The number of rotatable bonds is 10. The number of hydrogen-bond donors (Lipinski definition) is 2. The van der Waals surface area contributed by atoms with Crippen LogP contribution in [0.5, 0.6) is 0 Å². The van der Waals surface area contributed by atoms with Gasteiger partial charge in [0.2, 0.25) is 0 Å². The van der Waals surface area contributed by atoms with Crippen molar-refractivity contribution in [1.29, 1.82) is 0 Å². The number of aliphatic hydroxyl groups excluding tert-OH is 1. The van der Waals surface area contributed by atoms with Crippen molar-refractivity contribution >= 4 is 0 Å². The lowest BCUT2D eigenvalue weighted by Gasteiger charge is -2.38. The lowest BCUT2D eigenvalue weighted by atomic mass is 9.92. The van der Waals surface area contributed by atoms with Crippen LogP contribution in [0.2, 0.25) is 0 Å². The van der Waals surface area contributed by atoms with Crippen molar-refractivity contribution in [2.75, 3.05) is 32.8 Å². The molecule has 120 valence electrons. The Morgan fingerprint density at radius 2 is 1.80 bits per heavy atom. The number of hydrogen-bond acceptors (Lipinski definition) is 3. The van der Waals surface area contributed by atoms with Crippen molar-refractivity contribution in [3.05, 3.63) is 0 Å². The second-order valence-corrected chi connectivity index (χ2v) is 5.84. The van der Waals surface area contributed by atoms with Crippen LogP contribution in [0.15, 0.2) is 0 Å². The van der Waals surface area contributed by atoms with Crippen LogP contribution in [-0.2, 0) is 0 Å². The molecule has 0 radical (unpaired) electrons. The molecule has 0 saturated heterocycles. The number of aliphatic hydroxyl groups is 1. The molecule has 0 spiro atoms. The van der Waals surface area contributed by atoms with E-state index in [0.717, 1.165) is 25.8 Å². The first-order chi connectivity index (χ1) is 9.37. The summed E-state index contributed by atoms with van der Waals surface area (Å²) in [4.78, 5) is 1.43. The van der Waals surface area contributed by atoms with Gasteiger partial charge < -0.3 is 10.4 Å². The van der Waals surface area contributed by atoms with Gasteiger partial charge in [-0.2, -0.15) is 13.2 Å². The monoisotopic (exact) mass is 296 g/mol. The van der Waals surface area contributed by atoms with Gasteiger partial charge in [-0.15, -0.1) is 0 Å². The molecule has 1 rings (SSSR count). The molecular weight excluding hydrogens is 269 g/mol. The van der Waals surface area contributed by atoms with E-state index in [0.29, 0.717) is 18.9 Å². The molecule has 0 bridgehead atoms. The molecule has 1 aliphatic carbocycles. The zero-order valence-corrected chi connectivity index (χ0v) is 12.5. The van der Waals surface area contributed by atoms with Gasteiger partial charge in [0.15, 0.2) is 0 Å². The molecule has 1 aliphatic rings. The van der Waals surface area contributed by atoms with E-state index in [1.165, 1.54) is 4.90 Å². The highest BCUT2D eigenvalue weighted by molar-refractivity contribution is 5.03. The van der Waals surface area contributed by atoms with Gasteiger partial charge in [-0.1, -0.05) is 13.8 Å². The van der Waals surface area contributed by atoms with Crippen LogP contribution < -0.4 is 5.32 Å². The Morgan fingerprint density at radius 3 is 2.20 bits per heavy atom. The van der Waals surface area contributed by atoms with Gasteiger partial charge in [-0.25, -0.2) is 0 Å². The van der Waals surface area contributed by atoms with Gasteiger partial charge >= 0.3 is 6.18 Å². The minimum absolute atomic E-state index is 0.101. The standard InChI is InChI=1S/C14H27F3N2O/c1-3-7-18-13(11-20,12-5-6-12)9-19(8-4-2)10-14(15,16)17/h12,18,20H,3-11H2,1-2H3. The predicted molar refractivity (Wildman–Crippen MR) is 73.6 cm³/mol. The predicted octanol–water partition coefficient (Wildman–Crippen LogP) is 2.40. The van der Waals surface area contributed by atoms with E-state index in [2.05, 4.69) is 5.32 Å². The highest BCUT2D eigenvalue weighted by atomic mass is 19.4. The number of alkyl halides is 3. The van der Waals surface area contributed by atoms with Gasteiger partial charge in [0.1, 0.15) is 0 Å². The van der Waals surface area contributed by atoms with Crippen molar-refractivity contribution in [2.45, 2.75) is 51.2 Å². The van der Waals surface area contributed by atoms with Crippen molar-refractivity contribution in [3.8, 4) is 0 Å². The molecule has 6 heteroatoms. The number of halogens is 3. The fraction of sp³-hybridized carbons (Fsp3) is 1.00. The number of nitrogens with zero attached hydrogens (tertiary/aromatic N) is 1. The third-order valence-electron chi connectivity index (χ3n) is 3.82. The summed E-state index contributed by atoms with van der Waals surface area (Å²) in [6.45, 7) is 4.29. The van der Waals surface area contributed by atoms with E-state index in [1.54, 1.807) is 0 Å². The van der Waals surface area contributed by atoms with Crippen molar-refractivity contribution < 1.29 is 18.3 Å². The van der Waals surface area contributed by atoms with Gasteiger partial charge in [0.05, 0.1) is 18.7 Å². The minimum Gasteiger partial charge on any atom is -0.394 e. The van der Waals surface area contributed by atoms with Crippen LogP contribution in [-0.4, -0.2) is 54.5 Å². The quantitative estimate of drug-likeness (QED) is 0.650. The zero-order chi connectivity index (χ0) is 15.2. The first kappa shape index (κ1) is 17.7. The van der Waals surface area contributed by atoms with Crippen LogP contribution in [0.25, 0.3) is 0 Å². The average molecular weight is 296 g/mol. The van der Waals surface area contributed by atoms with Gasteiger partial charge in [0.25, 0.3) is 0 Å². The Labute approximate surface area is 119 Å². The topological polar surface area (TPSA) is 35.5 Å². The molecule has 1 fully saturated rings. The molecule has 1 saturated carbocycles. The summed E-state index contributed by atoms with van der Waals surface area (Å²) in [6.07, 6.45) is -0.630. The second-order valence-electron chi connectivity index (χ2n) is 5.84.